The predicted octanol–water partition coefficient (Wildman–Crippen LogP) is 1.39. The minimum Gasteiger partial charge on any atom is -0.374 e. The predicted molar refractivity (Wildman–Crippen MR) is 38.8 cm³/mol. The largest absolute Gasteiger partial charge is 0.374 e. The Morgan fingerprint density at radius 2 is 2.20 bits per heavy atom. The van der Waals surface area contributed by atoms with E-state index >= 15 is 0 Å². The lowest BCUT2D eigenvalue weighted by molar-refractivity contribution is -0.132. The minimum absolute atomic E-state index is 0.101. The number of carbonyl (C=O) groups is 1. The molecule has 0 bridgehead atoms. The summed E-state index contributed by atoms with van der Waals surface area (Å²) in [5, 5.41) is 0. The molecule has 0 heterocycles. The number of hydrogen-bond acceptors (Lipinski definition) is 2. The molecule has 1 saturated carbocycles. The molecular formula is C8H14O2. The number of methoxy groups -OCH3 is 1. The number of rotatable bonds is 1. The molecule has 2 nitrogen and oxygen atoms in total. The van der Waals surface area contributed by atoms with Gasteiger partial charge in [0.1, 0.15) is 6.10 Å². The third kappa shape index (κ3) is 1.57. The van der Waals surface area contributed by atoms with Crippen LogP contribution in [-0.2, 0) is 9.53 Å². The topological polar surface area (TPSA) is 26.3 Å². The van der Waals surface area contributed by atoms with Crippen LogP contribution in [0.3, 0.4) is 0 Å². The number of hydrogen-bond donors (Lipinski definition) is 0. The zero-order chi connectivity index (χ0) is 7.56. The highest BCUT2D eigenvalue weighted by Crippen LogP contribution is 2.22. The summed E-state index contributed by atoms with van der Waals surface area (Å²) in [6.45, 7) is 2.11. The van der Waals surface area contributed by atoms with E-state index < -0.39 is 0 Å². The first-order valence-electron chi connectivity index (χ1n) is 3.79. The summed E-state index contributed by atoms with van der Waals surface area (Å²) >= 11 is 0. The maximum Gasteiger partial charge on any atom is 0.161 e. The van der Waals surface area contributed by atoms with E-state index in [1.807, 2.05) is 0 Å². The first-order valence-corrected chi connectivity index (χ1v) is 3.79. The lowest BCUT2D eigenvalue weighted by Crippen LogP contribution is -2.29. The van der Waals surface area contributed by atoms with Gasteiger partial charge in [-0.15, -0.1) is 0 Å². The lowest BCUT2D eigenvalue weighted by Gasteiger charge is -2.23. The van der Waals surface area contributed by atoms with E-state index in [4.69, 9.17) is 4.74 Å². The van der Waals surface area contributed by atoms with E-state index in [2.05, 4.69) is 6.92 Å². The van der Waals surface area contributed by atoms with Crippen LogP contribution in [0.15, 0.2) is 0 Å². The van der Waals surface area contributed by atoms with Gasteiger partial charge in [0.15, 0.2) is 5.78 Å². The average Bonchev–Trinajstić information content (AvgIpc) is 1.88. The summed E-state index contributed by atoms with van der Waals surface area (Å²) in [4.78, 5) is 11.1. The van der Waals surface area contributed by atoms with Crippen LogP contribution in [0, 0.1) is 5.92 Å². The molecule has 2 atom stereocenters. The molecule has 0 N–H and O–H groups in total. The maximum atomic E-state index is 11.1. The van der Waals surface area contributed by atoms with Gasteiger partial charge in [-0.25, -0.2) is 0 Å². The van der Waals surface area contributed by atoms with E-state index in [1.54, 1.807) is 7.11 Å². The fraction of sp³-hybridized carbons (Fsp3) is 0.875. The Morgan fingerprint density at radius 3 is 2.70 bits per heavy atom. The van der Waals surface area contributed by atoms with Crippen molar-refractivity contribution in [3.05, 3.63) is 0 Å². The van der Waals surface area contributed by atoms with Gasteiger partial charge in [0.05, 0.1) is 0 Å². The molecule has 0 aromatic rings. The SMILES string of the molecule is CO[C@@H]1CC[C@@H](C)CC1=O. The zero-order valence-corrected chi connectivity index (χ0v) is 6.59. The highest BCUT2D eigenvalue weighted by molar-refractivity contribution is 5.83. The van der Waals surface area contributed by atoms with Gasteiger partial charge in [0.25, 0.3) is 0 Å². The molecule has 0 unspecified atom stereocenters. The van der Waals surface area contributed by atoms with Crippen molar-refractivity contribution < 1.29 is 9.53 Å². The second kappa shape index (κ2) is 3.15. The third-order valence-corrected chi connectivity index (χ3v) is 2.11. The summed E-state index contributed by atoms with van der Waals surface area (Å²) in [5.74, 6) is 0.847. The molecular weight excluding hydrogens is 128 g/mol. The second-order valence-corrected chi connectivity index (χ2v) is 3.08. The molecule has 0 radical (unpaired) electrons. The zero-order valence-electron chi connectivity index (χ0n) is 6.59. The van der Waals surface area contributed by atoms with Gasteiger partial charge < -0.3 is 4.74 Å². The summed E-state index contributed by atoms with van der Waals surface area (Å²) in [6.07, 6.45) is 2.65. The molecule has 0 aromatic carbocycles. The lowest BCUT2D eigenvalue weighted by atomic mass is 9.88. The standard InChI is InChI=1S/C8H14O2/c1-6-3-4-8(10-2)7(9)5-6/h6,8H,3-5H2,1-2H3/t6-,8-/m1/s1. The molecule has 0 saturated heterocycles. The van der Waals surface area contributed by atoms with E-state index in [0.717, 1.165) is 12.8 Å². The monoisotopic (exact) mass is 142 g/mol. The van der Waals surface area contributed by atoms with Crippen LogP contribution in [0.2, 0.25) is 0 Å². The Labute approximate surface area is 61.6 Å². The van der Waals surface area contributed by atoms with Gasteiger partial charge in [0, 0.05) is 13.5 Å². The van der Waals surface area contributed by atoms with E-state index in [0.29, 0.717) is 12.3 Å². The molecule has 1 fully saturated rings. The Balaban J connectivity index is 2.43. The third-order valence-electron chi connectivity index (χ3n) is 2.11. The van der Waals surface area contributed by atoms with Crippen molar-refractivity contribution in [2.45, 2.75) is 32.3 Å². The Morgan fingerprint density at radius 1 is 1.50 bits per heavy atom. The first kappa shape index (κ1) is 7.73. The van der Waals surface area contributed by atoms with Crippen LogP contribution in [-0.4, -0.2) is 19.0 Å². The summed E-state index contributed by atoms with van der Waals surface area (Å²) in [7, 11) is 1.61. The smallest absolute Gasteiger partial charge is 0.161 e. The summed E-state index contributed by atoms with van der Waals surface area (Å²) < 4.78 is 5.00. The van der Waals surface area contributed by atoms with Gasteiger partial charge >= 0.3 is 0 Å². The fourth-order valence-electron chi connectivity index (χ4n) is 1.42. The molecule has 0 aliphatic heterocycles. The van der Waals surface area contributed by atoms with Crippen LogP contribution in [0.4, 0.5) is 0 Å². The van der Waals surface area contributed by atoms with Crippen LogP contribution in [0.1, 0.15) is 26.2 Å². The molecule has 58 valence electrons. The van der Waals surface area contributed by atoms with E-state index in [1.165, 1.54) is 0 Å². The number of Topliss-reactive ketones (excluding diaryl/α,β-unsaturated/α-hetero) is 1. The van der Waals surface area contributed by atoms with Gasteiger partial charge in [-0.1, -0.05) is 6.92 Å². The van der Waals surface area contributed by atoms with Crippen molar-refractivity contribution in [1.29, 1.82) is 0 Å². The quantitative estimate of drug-likeness (QED) is 0.553. The van der Waals surface area contributed by atoms with Crippen molar-refractivity contribution >= 4 is 5.78 Å². The molecule has 10 heavy (non-hydrogen) atoms. The molecule has 1 aliphatic rings. The van der Waals surface area contributed by atoms with Crippen LogP contribution >= 0.6 is 0 Å². The second-order valence-electron chi connectivity index (χ2n) is 3.08. The molecule has 1 aliphatic carbocycles. The number of ketones is 1. The Kier molecular flexibility index (Phi) is 2.44. The highest BCUT2D eigenvalue weighted by Gasteiger charge is 2.25. The highest BCUT2D eigenvalue weighted by atomic mass is 16.5. The van der Waals surface area contributed by atoms with Crippen molar-refractivity contribution in [2.75, 3.05) is 7.11 Å². The van der Waals surface area contributed by atoms with Gasteiger partial charge in [0.2, 0.25) is 0 Å². The van der Waals surface area contributed by atoms with Gasteiger partial charge in [-0.05, 0) is 18.8 Å². The van der Waals surface area contributed by atoms with Crippen LogP contribution in [0.5, 0.6) is 0 Å². The maximum absolute atomic E-state index is 11.1. The van der Waals surface area contributed by atoms with Crippen molar-refractivity contribution in [3.8, 4) is 0 Å². The van der Waals surface area contributed by atoms with E-state index in [-0.39, 0.29) is 11.9 Å². The normalized spacial score (nSPS) is 34.4. The van der Waals surface area contributed by atoms with Crippen molar-refractivity contribution in [2.24, 2.45) is 5.92 Å². The molecule has 0 amide bonds. The number of carbonyl (C=O) groups excluding carboxylic acids is 1. The summed E-state index contributed by atoms with van der Waals surface area (Å²) in [6, 6.07) is 0. The summed E-state index contributed by atoms with van der Waals surface area (Å²) in [5.41, 5.74) is 0. The average molecular weight is 142 g/mol. The van der Waals surface area contributed by atoms with Crippen molar-refractivity contribution in [3.63, 3.8) is 0 Å². The van der Waals surface area contributed by atoms with Gasteiger partial charge in [-0.2, -0.15) is 0 Å². The van der Waals surface area contributed by atoms with Gasteiger partial charge in [-0.3, -0.25) is 4.79 Å². The number of ether oxygens (including phenoxy) is 1. The van der Waals surface area contributed by atoms with Crippen LogP contribution < -0.4 is 0 Å². The molecule has 1 rings (SSSR count). The Bertz CT molecular complexity index is 131. The molecule has 0 aromatic heterocycles. The Hall–Kier alpha value is -0.370. The fourth-order valence-corrected chi connectivity index (χ4v) is 1.42. The van der Waals surface area contributed by atoms with E-state index in [9.17, 15) is 4.79 Å². The first-order chi connectivity index (χ1) is 4.74. The van der Waals surface area contributed by atoms with Crippen LogP contribution in [0.25, 0.3) is 0 Å². The van der Waals surface area contributed by atoms with Crippen molar-refractivity contribution in [1.82, 2.24) is 0 Å². The minimum atomic E-state index is -0.101. The molecule has 0 spiro atoms. The molecule has 2 heteroatoms.